The Labute approximate surface area is 179 Å². The van der Waals surface area contributed by atoms with Gasteiger partial charge in [-0.05, 0) is 56.7 Å². The van der Waals surface area contributed by atoms with E-state index in [9.17, 15) is 9.18 Å². The van der Waals surface area contributed by atoms with E-state index in [4.69, 9.17) is 10.7 Å². The second-order valence-electron chi connectivity index (χ2n) is 8.24. The molecular formula is C23H23FN6O. The van der Waals surface area contributed by atoms with Crippen LogP contribution in [0.4, 0.5) is 10.3 Å². The molecule has 0 radical (unpaired) electrons. The molecule has 0 atom stereocenters. The molecule has 4 aromatic rings. The molecule has 3 N–H and O–H groups in total. The van der Waals surface area contributed by atoms with Crippen LogP contribution in [0.15, 0.2) is 48.8 Å². The molecule has 0 fully saturated rings. The van der Waals surface area contributed by atoms with E-state index in [0.717, 1.165) is 22.2 Å². The number of rotatable bonds is 3. The molecule has 0 unspecified atom stereocenters. The number of amides is 1. The quantitative estimate of drug-likeness (QED) is 0.524. The van der Waals surface area contributed by atoms with Crippen molar-refractivity contribution in [3.05, 3.63) is 60.2 Å². The topological polar surface area (TPSA) is 98.7 Å². The monoisotopic (exact) mass is 418 g/mol. The minimum Gasteiger partial charge on any atom is -0.368 e. The maximum atomic E-state index is 13.9. The van der Waals surface area contributed by atoms with Crippen LogP contribution >= 0.6 is 0 Å². The molecule has 31 heavy (non-hydrogen) atoms. The summed E-state index contributed by atoms with van der Waals surface area (Å²) >= 11 is 0. The molecule has 4 rings (SSSR count). The summed E-state index contributed by atoms with van der Waals surface area (Å²) in [6.45, 7) is 6.17. The normalized spacial score (nSPS) is 11.6. The lowest BCUT2D eigenvalue weighted by atomic mass is 10.0. The Balaban J connectivity index is 1.98. The molecule has 8 heteroatoms. The SMILES string of the molecule is CNC(=O)c1cc(F)ccc1-c1nc2cc(-c3cnc(N)nc3)ccc2n1C(C)(C)C. The van der Waals surface area contributed by atoms with Gasteiger partial charge in [0.05, 0.1) is 16.6 Å². The number of nitrogen functional groups attached to an aromatic ring is 1. The lowest BCUT2D eigenvalue weighted by Crippen LogP contribution is -2.24. The summed E-state index contributed by atoms with van der Waals surface area (Å²) in [7, 11) is 1.52. The van der Waals surface area contributed by atoms with Crippen molar-refractivity contribution >= 4 is 22.9 Å². The Morgan fingerprint density at radius 3 is 2.42 bits per heavy atom. The molecule has 7 nitrogen and oxygen atoms in total. The lowest BCUT2D eigenvalue weighted by molar-refractivity contribution is 0.0963. The van der Waals surface area contributed by atoms with Crippen LogP contribution in [0.25, 0.3) is 33.5 Å². The number of hydrogen-bond acceptors (Lipinski definition) is 5. The van der Waals surface area contributed by atoms with E-state index in [-0.39, 0.29) is 23.0 Å². The number of nitrogens with zero attached hydrogens (tertiary/aromatic N) is 4. The second-order valence-corrected chi connectivity index (χ2v) is 8.24. The molecule has 0 aliphatic carbocycles. The zero-order valence-corrected chi connectivity index (χ0v) is 17.8. The predicted octanol–water partition coefficient (Wildman–Crippen LogP) is 4.00. The molecule has 0 saturated heterocycles. The molecule has 0 bridgehead atoms. The number of halogens is 1. The van der Waals surface area contributed by atoms with Crippen molar-refractivity contribution in [2.75, 3.05) is 12.8 Å². The minimum atomic E-state index is -0.480. The van der Waals surface area contributed by atoms with Crippen molar-refractivity contribution in [1.29, 1.82) is 0 Å². The van der Waals surface area contributed by atoms with E-state index in [0.29, 0.717) is 11.4 Å². The average Bonchev–Trinajstić information content (AvgIpc) is 3.12. The van der Waals surface area contributed by atoms with Crippen molar-refractivity contribution in [2.24, 2.45) is 0 Å². The highest BCUT2D eigenvalue weighted by Gasteiger charge is 2.25. The van der Waals surface area contributed by atoms with E-state index in [2.05, 4.69) is 40.6 Å². The van der Waals surface area contributed by atoms with Gasteiger partial charge in [-0.15, -0.1) is 0 Å². The van der Waals surface area contributed by atoms with E-state index in [1.54, 1.807) is 18.5 Å². The number of anilines is 1. The fraction of sp³-hybridized carbons (Fsp3) is 0.217. The Morgan fingerprint density at radius 2 is 1.77 bits per heavy atom. The highest BCUT2D eigenvalue weighted by atomic mass is 19.1. The molecule has 2 aromatic carbocycles. The van der Waals surface area contributed by atoms with Crippen molar-refractivity contribution in [1.82, 2.24) is 24.8 Å². The van der Waals surface area contributed by atoms with Crippen LogP contribution in [0.2, 0.25) is 0 Å². The first-order valence-electron chi connectivity index (χ1n) is 9.82. The Hall–Kier alpha value is -3.81. The van der Waals surface area contributed by atoms with Crippen molar-refractivity contribution in [3.63, 3.8) is 0 Å². The fourth-order valence-electron chi connectivity index (χ4n) is 3.64. The second kappa shape index (κ2) is 7.46. The molecule has 2 aromatic heterocycles. The van der Waals surface area contributed by atoms with Crippen LogP contribution in [-0.4, -0.2) is 32.5 Å². The number of benzene rings is 2. The summed E-state index contributed by atoms with van der Waals surface area (Å²) in [5.41, 5.74) is 9.39. The van der Waals surface area contributed by atoms with Gasteiger partial charge in [0.25, 0.3) is 5.91 Å². The fourth-order valence-corrected chi connectivity index (χ4v) is 3.64. The average molecular weight is 418 g/mol. The number of carbonyl (C=O) groups excluding carboxylic acids is 1. The molecule has 0 aliphatic heterocycles. The number of hydrogen-bond donors (Lipinski definition) is 2. The van der Waals surface area contributed by atoms with Gasteiger partial charge in [0, 0.05) is 36.1 Å². The largest absolute Gasteiger partial charge is 0.368 e. The minimum absolute atomic E-state index is 0.210. The van der Waals surface area contributed by atoms with Crippen LogP contribution in [0.3, 0.4) is 0 Å². The Bertz CT molecular complexity index is 1290. The van der Waals surface area contributed by atoms with Crippen molar-refractivity contribution < 1.29 is 9.18 Å². The standard InChI is InChI=1S/C23H23FN6O/c1-23(2,3)30-19-8-5-13(14-11-27-22(25)28-12-14)9-18(19)29-20(30)16-7-6-15(24)10-17(16)21(31)26-4/h5-12H,1-4H3,(H,26,31)(H2,25,27,28). The van der Waals surface area contributed by atoms with Crippen LogP contribution in [0, 0.1) is 5.82 Å². The van der Waals surface area contributed by atoms with Crippen LogP contribution < -0.4 is 11.1 Å². The highest BCUT2D eigenvalue weighted by Crippen LogP contribution is 2.34. The van der Waals surface area contributed by atoms with E-state index >= 15 is 0 Å². The van der Waals surface area contributed by atoms with E-state index < -0.39 is 5.82 Å². The predicted molar refractivity (Wildman–Crippen MR) is 119 cm³/mol. The van der Waals surface area contributed by atoms with Crippen molar-refractivity contribution in [2.45, 2.75) is 26.3 Å². The summed E-state index contributed by atoms with van der Waals surface area (Å²) in [4.78, 5) is 25.4. The van der Waals surface area contributed by atoms with Gasteiger partial charge in [-0.2, -0.15) is 0 Å². The lowest BCUT2D eigenvalue weighted by Gasteiger charge is -2.25. The number of fused-ring (bicyclic) bond motifs is 1. The summed E-state index contributed by atoms with van der Waals surface area (Å²) in [5.74, 6) is -0.0536. The van der Waals surface area contributed by atoms with Crippen LogP contribution in [0.5, 0.6) is 0 Å². The van der Waals surface area contributed by atoms with E-state index in [1.165, 1.54) is 19.2 Å². The van der Waals surface area contributed by atoms with Gasteiger partial charge in [-0.25, -0.2) is 19.3 Å². The van der Waals surface area contributed by atoms with Crippen molar-refractivity contribution in [3.8, 4) is 22.5 Å². The third kappa shape index (κ3) is 3.72. The van der Waals surface area contributed by atoms with Gasteiger partial charge in [-0.1, -0.05) is 6.07 Å². The highest BCUT2D eigenvalue weighted by molar-refractivity contribution is 6.01. The molecule has 1 amide bonds. The first kappa shape index (κ1) is 20.5. The maximum absolute atomic E-state index is 13.9. The Kier molecular flexibility index (Phi) is 4.93. The number of carbonyl (C=O) groups is 1. The zero-order valence-electron chi connectivity index (χ0n) is 17.8. The molecule has 0 aliphatic rings. The van der Waals surface area contributed by atoms with E-state index in [1.807, 2.05) is 18.2 Å². The smallest absolute Gasteiger partial charge is 0.251 e. The first-order chi connectivity index (χ1) is 14.7. The maximum Gasteiger partial charge on any atom is 0.251 e. The first-order valence-corrected chi connectivity index (χ1v) is 9.82. The number of nitrogens with two attached hydrogens (primary N) is 1. The van der Waals surface area contributed by atoms with Gasteiger partial charge in [0.15, 0.2) is 0 Å². The van der Waals surface area contributed by atoms with Crippen LogP contribution in [0.1, 0.15) is 31.1 Å². The van der Waals surface area contributed by atoms with Gasteiger partial charge in [-0.3, -0.25) is 4.79 Å². The number of nitrogens with one attached hydrogen (secondary N) is 1. The van der Waals surface area contributed by atoms with Crippen LogP contribution in [-0.2, 0) is 5.54 Å². The molecule has 158 valence electrons. The summed E-state index contributed by atoms with van der Waals surface area (Å²) in [6, 6.07) is 10.1. The summed E-state index contributed by atoms with van der Waals surface area (Å²) < 4.78 is 16.0. The van der Waals surface area contributed by atoms with Gasteiger partial charge in [0.1, 0.15) is 11.6 Å². The molecule has 0 saturated carbocycles. The third-order valence-corrected chi connectivity index (χ3v) is 5.02. The number of aromatic nitrogens is 4. The molecular weight excluding hydrogens is 395 g/mol. The third-order valence-electron chi connectivity index (χ3n) is 5.02. The number of imidazole rings is 1. The van der Waals surface area contributed by atoms with Gasteiger partial charge >= 0.3 is 0 Å². The van der Waals surface area contributed by atoms with Gasteiger partial charge in [0.2, 0.25) is 5.95 Å². The summed E-state index contributed by atoms with van der Waals surface area (Å²) in [5, 5.41) is 2.58. The van der Waals surface area contributed by atoms with Gasteiger partial charge < -0.3 is 15.6 Å². The molecule has 2 heterocycles. The molecule has 0 spiro atoms. The zero-order chi connectivity index (χ0) is 22.3. The Morgan fingerprint density at radius 1 is 1.06 bits per heavy atom. The summed E-state index contributed by atoms with van der Waals surface area (Å²) in [6.07, 6.45) is 3.32.